The molecular weight excluding hydrogens is 341 g/mol. The lowest BCUT2D eigenvalue weighted by atomic mass is 9.96. The Morgan fingerprint density at radius 2 is 2.17 bits per heavy atom. The molecule has 0 amide bonds. The van der Waals surface area contributed by atoms with E-state index in [4.69, 9.17) is 10.2 Å². The van der Waals surface area contributed by atoms with Gasteiger partial charge in [-0.3, -0.25) is 4.99 Å². The number of nitrogens with one attached hydrogen (secondary N) is 1. The number of rotatable bonds is 4. The van der Waals surface area contributed by atoms with Crippen molar-refractivity contribution in [2.45, 2.75) is 44.6 Å². The summed E-state index contributed by atoms with van der Waals surface area (Å²) in [6.07, 6.45) is 8.88. The fourth-order valence-electron chi connectivity index (χ4n) is 2.24. The SMILES string of the molecule is I.NC(=NCCc1ccco1)NC1CCCCC1. The monoisotopic (exact) mass is 363 g/mol. The Balaban J connectivity index is 0.00000162. The zero-order valence-corrected chi connectivity index (χ0v) is 12.9. The van der Waals surface area contributed by atoms with Crippen LogP contribution < -0.4 is 11.1 Å². The van der Waals surface area contributed by atoms with Gasteiger partial charge in [0.05, 0.1) is 6.26 Å². The number of aliphatic imine (C=N–C) groups is 1. The van der Waals surface area contributed by atoms with E-state index in [1.165, 1.54) is 32.1 Å². The van der Waals surface area contributed by atoms with Crippen LogP contribution in [0.1, 0.15) is 37.9 Å². The highest BCUT2D eigenvalue weighted by molar-refractivity contribution is 14.0. The minimum atomic E-state index is 0. The first-order chi connectivity index (χ1) is 8.34. The molecule has 1 aromatic heterocycles. The fraction of sp³-hybridized carbons (Fsp3) is 0.615. The summed E-state index contributed by atoms with van der Waals surface area (Å²) in [6, 6.07) is 4.37. The number of halogens is 1. The largest absolute Gasteiger partial charge is 0.469 e. The molecular formula is C13H22IN3O. The first-order valence-electron chi connectivity index (χ1n) is 6.43. The molecule has 1 saturated carbocycles. The van der Waals surface area contributed by atoms with Crippen molar-refractivity contribution in [2.24, 2.45) is 10.7 Å². The number of nitrogens with zero attached hydrogens (tertiary/aromatic N) is 1. The average Bonchev–Trinajstić information content (AvgIpc) is 2.83. The van der Waals surface area contributed by atoms with Crippen LogP contribution in [0.5, 0.6) is 0 Å². The lowest BCUT2D eigenvalue weighted by molar-refractivity contribution is 0.412. The molecule has 4 nitrogen and oxygen atoms in total. The first-order valence-corrected chi connectivity index (χ1v) is 6.43. The highest BCUT2D eigenvalue weighted by atomic mass is 127. The molecule has 0 radical (unpaired) electrons. The van der Waals surface area contributed by atoms with E-state index in [0.29, 0.717) is 18.5 Å². The van der Waals surface area contributed by atoms with E-state index in [-0.39, 0.29) is 24.0 Å². The Hall–Kier alpha value is -0.720. The van der Waals surface area contributed by atoms with Crippen LogP contribution in [0.4, 0.5) is 0 Å². The van der Waals surface area contributed by atoms with Crippen molar-refractivity contribution >= 4 is 29.9 Å². The summed E-state index contributed by atoms with van der Waals surface area (Å²) < 4.78 is 5.23. The van der Waals surface area contributed by atoms with Crippen LogP contribution >= 0.6 is 24.0 Å². The van der Waals surface area contributed by atoms with Crippen molar-refractivity contribution in [3.8, 4) is 0 Å². The van der Waals surface area contributed by atoms with Crippen LogP contribution in [-0.2, 0) is 6.42 Å². The molecule has 102 valence electrons. The Kier molecular flexibility index (Phi) is 7.15. The maximum atomic E-state index is 5.85. The molecule has 1 aromatic rings. The van der Waals surface area contributed by atoms with Crippen LogP contribution in [0.25, 0.3) is 0 Å². The highest BCUT2D eigenvalue weighted by Crippen LogP contribution is 2.16. The van der Waals surface area contributed by atoms with Gasteiger partial charge in [0.1, 0.15) is 5.76 Å². The molecule has 0 unspecified atom stereocenters. The van der Waals surface area contributed by atoms with Gasteiger partial charge in [-0.25, -0.2) is 0 Å². The van der Waals surface area contributed by atoms with Gasteiger partial charge in [0.2, 0.25) is 0 Å². The molecule has 1 heterocycles. The average molecular weight is 363 g/mol. The van der Waals surface area contributed by atoms with Crippen LogP contribution in [-0.4, -0.2) is 18.5 Å². The van der Waals surface area contributed by atoms with Crippen molar-refractivity contribution in [3.05, 3.63) is 24.2 Å². The van der Waals surface area contributed by atoms with Gasteiger partial charge in [-0.1, -0.05) is 19.3 Å². The number of guanidine groups is 1. The topological polar surface area (TPSA) is 63.5 Å². The van der Waals surface area contributed by atoms with Crippen LogP contribution in [0, 0.1) is 0 Å². The molecule has 2 rings (SSSR count). The molecule has 1 fully saturated rings. The van der Waals surface area contributed by atoms with E-state index in [1.54, 1.807) is 6.26 Å². The van der Waals surface area contributed by atoms with E-state index < -0.39 is 0 Å². The van der Waals surface area contributed by atoms with Gasteiger partial charge in [-0.15, -0.1) is 24.0 Å². The molecule has 1 aliphatic rings. The van der Waals surface area contributed by atoms with Crippen molar-refractivity contribution < 1.29 is 4.42 Å². The van der Waals surface area contributed by atoms with E-state index >= 15 is 0 Å². The van der Waals surface area contributed by atoms with E-state index in [2.05, 4.69) is 10.3 Å². The number of furan rings is 1. The van der Waals surface area contributed by atoms with Crippen LogP contribution in [0.3, 0.4) is 0 Å². The standard InChI is InChI=1S/C13H21N3O.HI/c14-13(16-11-5-2-1-3-6-11)15-9-8-12-7-4-10-17-12;/h4,7,10-11H,1-3,5-6,8-9H2,(H3,14,15,16);1H. The molecule has 0 atom stereocenters. The Morgan fingerprint density at radius 3 is 2.83 bits per heavy atom. The summed E-state index contributed by atoms with van der Waals surface area (Å²) in [4.78, 5) is 4.32. The number of nitrogens with two attached hydrogens (primary N) is 1. The zero-order chi connectivity index (χ0) is 11.9. The molecule has 0 aliphatic heterocycles. The molecule has 5 heteroatoms. The third-order valence-electron chi connectivity index (χ3n) is 3.18. The maximum absolute atomic E-state index is 5.85. The molecule has 3 N–H and O–H groups in total. The van der Waals surface area contributed by atoms with Crippen molar-refractivity contribution in [2.75, 3.05) is 6.54 Å². The van der Waals surface area contributed by atoms with Gasteiger partial charge in [-0.05, 0) is 25.0 Å². The smallest absolute Gasteiger partial charge is 0.188 e. The summed E-state index contributed by atoms with van der Waals surface area (Å²) in [7, 11) is 0. The van der Waals surface area contributed by atoms with Gasteiger partial charge >= 0.3 is 0 Å². The Morgan fingerprint density at radius 1 is 1.39 bits per heavy atom. The lowest BCUT2D eigenvalue weighted by Gasteiger charge is -2.23. The van der Waals surface area contributed by atoms with Crippen LogP contribution in [0.2, 0.25) is 0 Å². The van der Waals surface area contributed by atoms with Gasteiger partial charge in [0.25, 0.3) is 0 Å². The summed E-state index contributed by atoms with van der Waals surface area (Å²) in [5.41, 5.74) is 5.85. The molecule has 18 heavy (non-hydrogen) atoms. The summed E-state index contributed by atoms with van der Waals surface area (Å²) in [5.74, 6) is 1.53. The van der Waals surface area contributed by atoms with Crippen molar-refractivity contribution in [1.29, 1.82) is 0 Å². The predicted molar refractivity (Wildman–Crippen MR) is 84.3 cm³/mol. The Labute approximate surface area is 125 Å². The number of hydrogen-bond acceptors (Lipinski definition) is 2. The molecule has 0 saturated heterocycles. The molecule has 1 aliphatic carbocycles. The minimum absolute atomic E-state index is 0. The second kappa shape index (κ2) is 8.39. The molecule has 0 aromatic carbocycles. The second-order valence-electron chi connectivity index (χ2n) is 4.58. The molecule has 0 bridgehead atoms. The van der Waals surface area contributed by atoms with Gasteiger partial charge < -0.3 is 15.5 Å². The van der Waals surface area contributed by atoms with Crippen molar-refractivity contribution in [3.63, 3.8) is 0 Å². The second-order valence-corrected chi connectivity index (χ2v) is 4.58. The third kappa shape index (κ3) is 5.29. The third-order valence-corrected chi connectivity index (χ3v) is 3.18. The lowest BCUT2D eigenvalue weighted by Crippen LogP contribution is -2.41. The maximum Gasteiger partial charge on any atom is 0.188 e. The normalized spacial score (nSPS) is 17.2. The van der Waals surface area contributed by atoms with Crippen molar-refractivity contribution in [1.82, 2.24) is 5.32 Å². The number of hydrogen-bond donors (Lipinski definition) is 2. The minimum Gasteiger partial charge on any atom is -0.469 e. The fourth-order valence-corrected chi connectivity index (χ4v) is 2.24. The van der Waals surface area contributed by atoms with E-state index in [1.807, 2.05) is 12.1 Å². The van der Waals surface area contributed by atoms with E-state index in [9.17, 15) is 0 Å². The van der Waals surface area contributed by atoms with Gasteiger partial charge in [0.15, 0.2) is 5.96 Å². The zero-order valence-electron chi connectivity index (χ0n) is 10.6. The first kappa shape index (κ1) is 15.3. The summed E-state index contributed by atoms with van der Waals surface area (Å²) in [6.45, 7) is 0.680. The van der Waals surface area contributed by atoms with Gasteiger partial charge in [-0.2, -0.15) is 0 Å². The Bertz CT molecular complexity index is 345. The summed E-state index contributed by atoms with van der Waals surface area (Å²) >= 11 is 0. The quantitative estimate of drug-likeness (QED) is 0.491. The predicted octanol–water partition coefficient (Wildman–Crippen LogP) is 2.68. The molecule has 0 spiro atoms. The van der Waals surface area contributed by atoms with E-state index in [0.717, 1.165) is 12.2 Å². The summed E-state index contributed by atoms with van der Waals surface area (Å²) in [5, 5.41) is 3.30. The highest BCUT2D eigenvalue weighted by Gasteiger charge is 2.13. The van der Waals surface area contributed by atoms with Crippen LogP contribution in [0.15, 0.2) is 27.8 Å². The van der Waals surface area contributed by atoms with Gasteiger partial charge in [0, 0.05) is 19.0 Å².